The SMILES string of the molecule is Cc1ccc(-c2c(C(=O)NCCCN3CCCC3=O)sc3c2cnc2ccccc23)cc1C. The molecule has 0 aliphatic carbocycles. The first kappa shape index (κ1) is 21.6. The molecular formula is C27H27N3O2S. The molecule has 1 aliphatic rings. The minimum atomic E-state index is -0.0683. The van der Waals surface area contributed by atoms with E-state index >= 15 is 0 Å². The number of amides is 2. The highest BCUT2D eigenvalue weighted by Crippen LogP contribution is 2.41. The minimum absolute atomic E-state index is 0.0683. The van der Waals surface area contributed by atoms with Crippen molar-refractivity contribution in [3.63, 3.8) is 0 Å². The largest absolute Gasteiger partial charge is 0.351 e. The first-order valence-electron chi connectivity index (χ1n) is 11.5. The van der Waals surface area contributed by atoms with Gasteiger partial charge in [0.25, 0.3) is 5.91 Å². The highest BCUT2D eigenvalue weighted by Gasteiger charge is 2.22. The molecule has 0 spiro atoms. The van der Waals surface area contributed by atoms with Crippen LogP contribution in [0.15, 0.2) is 48.7 Å². The van der Waals surface area contributed by atoms with Gasteiger partial charge in [-0.15, -0.1) is 11.3 Å². The molecular weight excluding hydrogens is 430 g/mol. The fourth-order valence-electron chi connectivity index (χ4n) is 4.52. The van der Waals surface area contributed by atoms with Gasteiger partial charge in [0.05, 0.1) is 5.52 Å². The summed E-state index contributed by atoms with van der Waals surface area (Å²) in [4.78, 5) is 32.4. The number of hydrogen-bond acceptors (Lipinski definition) is 4. The maximum absolute atomic E-state index is 13.4. The van der Waals surface area contributed by atoms with Crippen molar-refractivity contribution in [2.45, 2.75) is 33.1 Å². The summed E-state index contributed by atoms with van der Waals surface area (Å²) in [5.41, 5.74) is 5.34. The Hall–Kier alpha value is -3.25. The molecule has 6 heteroatoms. The van der Waals surface area contributed by atoms with E-state index < -0.39 is 0 Å². The van der Waals surface area contributed by atoms with Gasteiger partial charge in [-0.05, 0) is 49.4 Å². The number of aryl methyl sites for hydroxylation is 2. The molecule has 2 aromatic carbocycles. The first-order valence-corrected chi connectivity index (χ1v) is 12.3. The Bertz CT molecular complexity index is 1370. The summed E-state index contributed by atoms with van der Waals surface area (Å²) < 4.78 is 1.08. The van der Waals surface area contributed by atoms with Crippen LogP contribution < -0.4 is 5.32 Å². The van der Waals surface area contributed by atoms with E-state index in [0.29, 0.717) is 24.4 Å². The Morgan fingerprint density at radius 2 is 1.97 bits per heavy atom. The standard InChI is InChI=1S/C27H27N3O2S/c1-17-10-11-19(15-18(17)2)24-21-16-29-22-8-4-3-7-20(22)25(21)33-26(24)27(32)28-12-6-14-30-13-5-9-23(30)31/h3-4,7-8,10-11,15-16H,5-6,9,12-14H2,1-2H3,(H,28,32). The lowest BCUT2D eigenvalue weighted by Gasteiger charge is -2.15. The lowest BCUT2D eigenvalue weighted by Crippen LogP contribution is -2.30. The zero-order valence-electron chi connectivity index (χ0n) is 19.0. The van der Waals surface area contributed by atoms with Crippen LogP contribution in [0.2, 0.25) is 0 Å². The fraction of sp³-hybridized carbons (Fsp3) is 0.296. The second kappa shape index (κ2) is 8.94. The number of benzene rings is 2. The van der Waals surface area contributed by atoms with Gasteiger partial charge in [0.2, 0.25) is 5.91 Å². The average Bonchev–Trinajstić information content (AvgIpc) is 3.42. The van der Waals surface area contributed by atoms with E-state index in [0.717, 1.165) is 51.5 Å². The van der Waals surface area contributed by atoms with E-state index in [1.54, 1.807) is 0 Å². The Morgan fingerprint density at radius 1 is 1.12 bits per heavy atom. The highest BCUT2D eigenvalue weighted by molar-refractivity contribution is 7.22. The van der Waals surface area contributed by atoms with Crippen molar-refractivity contribution in [3.8, 4) is 11.1 Å². The third kappa shape index (κ3) is 4.11. The summed E-state index contributed by atoms with van der Waals surface area (Å²) >= 11 is 1.53. The zero-order chi connectivity index (χ0) is 22.9. The predicted molar refractivity (Wildman–Crippen MR) is 135 cm³/mol. The van der Waals surface area contributed by atoms with Crippen molar-refractivity contribution >= 4 is 44.1 Å². The van der Waals surface area contributed by atoms with Crippen molar-refractivity contribution in [2.75, 3.05) is 19.6 Å². The second-order valence-electron chi connectivity index (χ2n) is 8.72. The van der Waals surface area contributed by atoms with Crippen LogP contribution in [0.25, 0.3) is 32.1 Å². The van der Waals surface area contributed by atoms with E-state index in [1.165, 1.54) is 22.5 Å². The molecule has 2 aromatic heterocycles. The molecule has 0 bridgehead atoms. The molecule has 5 nitrogen and oxygen atoms in total. The summed E-state index contributed by atoms with van der Waals surface area (Å²) in [6, 6.07) is 14.4. The van der Waals surface area contributed by atoms with Crippen LogP contribution in [0.1, 0.15) is 40.1 Å². The van der Waals surface area contributed by atoms with E-state index in [1.807, 2.05) is 29.3 Å². The van der Waals surface area contributed by atoms with Gasteiger partial charge in [-0.1, -0.05) is 36.4 Å². The molecule has 33 heavy (non-hydrogen) atoms. The molecule has 1 aliphatic heterocycles. The van der Waals surface area contributed by atoms with E-state index in [-0.39, 0.29) is 11.8 Å². The number of pyridine rings is 1. The van der Waals surface area contributed by atoms with Gasteiger partial charge in [-0.25, -0.2) is 0 Å². The average molecular weight is 458 g/mol. The highest BCUT2D eigenvalue weighted by atomic mass is 32.1. The van der Waals surface area contributed by atoms with E-state index in [2.05, 4.69) is 48.4 Å². The number of para-hydroxylation sites is 1. The predicted octanol–water partition coefficient (Wildman–Crippen LogP) is 5.48. The second-order valence-corrected chi connectivity index (χ2v) is 9.74. The van der Waals surface area contributed by atoms with Crippen LogP contribution in [0.3, 0.4) is 0 Å². The van der Waals surface area contributed by atoms with Gasteiger partial charge in [0.15, 0.2) is 0 Å². The summed E-state index contributed by atoms with van der Waals surface area (Å²) in [7, 11) is 0. The van der Waals surface area contributed by atoms with Gasteiger partial charge < -0.3 is 10.2 Å². The quantitative estimate of drug-likeness (QED) is 0.390. The third-order valence-electron chi connectivity index (χ3n) is 6.49. The molecule has 1 fully saturated rings. The maximum atomic E-state index is 13.4. The molecule has 0 atom stereocenters. The first-order chi connectivity index (χ1) is 16.0. The molecule has 0 radical (unpaired) electrons. The molecule has 0 saturated carbocycles. The van der Waals surface area contributed by atoms with E-state index in [9.17, 15) is 9.59 Å². The van der Waals surface area contributed by atoms with Gasteiger partial charge >= 0.3 is 0 Å². The lowest BCUT2D eigenvalue weighted by molar-refractivity contribution is -0.127. The molecule has 0 unspecified atom stereocenters. The van der Waals surface area contributed by atoms with Crippen molar-refractivity contribution in [1.29, 1.82) is 0 Å². The van der Waals surface area contributed by atoms with Gasteiger partial charge in [0.1, 0.15) is 4.88 Å². The molecule has 168 valence electrons. The third-order valence-corrected chi connectivity index (χ3v) is 7.73. The van der Waals surface area contributed by atoms with Crippen molar-refractivity contribution in [3.05, 3.63) is 64.7 Å². The van der Waals surface area contributed by atoms with Crippen LogP contribution in [0.4, 0.5) is 0 Å². The van der Waals surface area contributed by atoms with Crippen LogP contribution in [-0.2, 0) is 4.79 Å². The summed E-state index contributed by atoms with van der Waals surface area (Å²) in [6.07, 6.45) is 4.24. The van der Waals surface area contributed by atoms with Gasteiger partial charge in [-0.3, -0.25) is 14.6 Å². The van der Waals surface area contributed by atoms with Crippen LogP contribution in [0.5, 0.6) is 0 Å². The topological polar surface area (TPSA) is 62.3 Å². The van der Waals surface area contributed by atoms with Crippen molar-refractivity contribution in [2.24, 2.45) is 0 Å². The van der Waals surface area contributed by atoms with Crippen molar-refractivity contribution < 1.29 is 9.59 Å². The number of rotatable bonds is 6. The Kier molecular flexibility index (Phi) is 5.85. The molecule has 1 saturated heterocycles. The summed E-state index contributed by atoms with van der Waals surface area (Å²) in [6.45, 7) is 6.27. The smallest absolute Gasteiger partial charge is 0.262 e. The van der Waals surface area contributed by atoms with Crippen LogP contribution >= 0.6 is 11.3 Å². The Morgan fingerprint density at radius 3 is 2.76 bits per heavy atom. The van der Waals surface area contributed by atoms with Crippen LogP contribution in [0, 0.1) is 13.8 Å². The zero-order valence-corrected chi connectivity index (χ0v) is 19.8. The molecule has 3 heterocycles. The molecule has 1 N–H and O–H groups in total. The number of nitrogens with one attached hydrogen (secondary N) is 1. The molecule has 4 aromatic rings. The van der Waals surface area contributed by atoms with Crippen LogP contribution in [-0.4, -0.2) is 41.3 Å². The molecule has 2 amide bonds. The number of likely N-dealkylation sites (tertiary alicyclic amines) is 1. The number of hydrogen-bond donors (Lipinski definition) is 1. The number of nitrogens with zero attached hydrogens (tertiary/aromatic N) is 2. The number of thiophene rings is 1. The maximum Gasteiger partial charge on any atom is 0.262 e. The summed E-state index contributed by atoms with van der Waals surface area (Å²) in [5.74, 6) is 0.156. The van der Waals surface area contributed by atoms with Crippen molar-refractivity contribution in [1.82, 2.24) is 15.2 Å². The van der Waals surface area contributed by atoms with E-state index in [4.69, 9.17) is 0 Å². The normalized spacial score (nSPS) is 13.9. The Balaban J connectivity index is 1.49. The lowest BCUT2D eigenvalue weighted by atomic mass is 9.98. The molecule has 5 rings (SSSR count). The van der Waals surface area contributed by atoms with Gasteiger partial charge in [-0.2, -0.15) is 0 Å². The number of carbonyl (C=O) groups excluding carboxylic acids is 2. The number of fused-ring (bicyclic) bond motifs is 3. The number of aromatic nitrogens is 1. The monoisotopic (exact) mass is 457 g/mol. The minimum Gasteiger partial charge on any atom is -0.351 e. The summed E-state index contributed by atoms with van der Waals surface area (Å²) in [5, 5.41) is 5.17. The number of carbonyl (C=O) groups is 2. The Labute approximate surface area is 197 Å². The fourth-order valence-corrected chi connectivity index (χ4v) is 5.76. The van der Waals surface area contributed by atoms with Gasteiger partial charge in [0, 0.05) is 53.3 Å².